The molecule has 0 amide bonds. The number of likely N-dealkylation sites (tertiary alicyclic amines) is 1. The Kier molecular flexibility index (Phi) is 4.49. The monoisotopic (exact) mass is 395 g/mol. The minimum Gasteiger partial charge on any atom is -0.453 e. The predicted octanol–water partition coefficient (Wildman–Crippen LogP) is 1.97. The number of aryl methyl sites for hydroxylation is 1. The van der Waals surface area contributed by atoms with Gasteiger partial charge in [0.15, 0.2) is 0 Å². The van der Waals surface area contributed by atoms with Gasteiger partial charge in [-0.1, -0.05) is 15.9 Å². The third kappa shape index (κ3) is 3.05. The van der Waals surface area contributed by atoms with Gasteiger partial charge in [-0.2, -0.15) is 0 Å². The van der Waals surface area contributed by atoms with E-state index in [4.69, 9.17) is 9.40 Å². The highest BCUT2D eigenvalue weighted by atomic mass is 79.9. The van der Waals surface area contributed by atoms with Crippen LogP contribution in [-0.4, -0.2) is 44.5 Å². The van der Waals surface area contributed by atoms with Gasteiger partial charge in [0.1, 0.15) is 17.1 Å². The van der Waals surface area contributed by atoms with Gasteiger partial charge in [0.25, 0.3) is 5.56 Å². The fourth-order valence-corrected chi connectivity index (χ4v) is 4.43. The van der Waals surface area contributed by atoms with Crippen LogP contribution in [0.3, 0.4) is 0 Å². The highest BCUT2D eigenvalue weighted by Crippen LogP contribution is 2.32. The van der Waals surface area contributed by atoms with E-state index in [0.717, 1.165) is 62.0 Å². The van der Waals surface area contributed by atoms with E-state index in [1.54, 1.807) is 0 Å². The fourth-order valence-electron chi connectivity index (χ4n) is 3.88. The first-order valence-electron chi connectivity index (χ1n) is 8.64. The zero-order valence-electron chi connectivity index (χ0n) is 13.6. The van der Waals surface area contributed by atoms with Crippen molar-refractivity contribution in [2.45, 2.75) is 43.5 Å². The number of H-pyrrole nitrogens is 1. The molecule has 6 nitrogen and oxygen atoms in total. The third-order valence-electron chi connectivity index (χ3n) is 5.12. The molecule has 1 aliphatic heterocycles. The first-order chi connectivity index (χ1) is 11.6. The van der Waals surface area contributed by atoms with Gasteiger partial charge in [-0.15, -0.1) is 0 Å². The number of furan rings is 1. The summed E-state index contributed by atoms with van der Waals surface area (Å²) in [5.41, 5.74) is 1.98. The van der Waals surface area contributed by atoms with Crippen LogP contribution in [0, 0.1) is 5.92 Å². The number of piperidine rings is 1. The number of aromatic nitrogens is 2. The van der Waals surface area contributed by atoms with Crippen LogP contribution in [0.15, 0.2) is 9.21 Å². The molecule has 24 heavy (non-hydrogen) atoms. The molecule has 0 radical (unpaired) electrons. The molecule has 1 fully saturated rings. The number of alkyl halides is 1. The molecule has 0 bridgehead atoms. The number of nitrogens with one attached hydrogen (secondary N) is 1. The second-order valence-corrected chi connectivity index (χ2v) is 8.26. The van der Waals surface area contributed by atoms with Gasteiger partial charge in [0.05, 0.1) is 6.54 Å². The van der Waals surface area contributed by atoms with E-state index in [0.29, 0.717) is 28.7 Å². The molecule has 7 heteroatoms. The fraction of sp³-hybridized carbons (Fsp3) is 0.647. The lowest BCUT2D eigenvalue weighted by Gasteiger charge is -2.31. The van der Waals surface area contributed by atoms with Gasteiger partial charge in [-0.3, -0.25) is 9.69 Å². The third-order valence-corrected chi connectivity index (χ3v) is 5.90. The van der Waals surface area contributed by atoms with Gasteiger partial charge in [0.2, 0.25) is 5.58 Å². The maximum Gasteiger partial charge on any atom is 0.294 e. The quantitative estimate of drug-likeness (QED) is 0.776. The molecule has 1 saturated heterocycles. The zero-order valence-corrected chi connectivity index (χ0v) is 15.1. The van der Waals surface area contributed by atoms with Crippen LogP contribution in [0.1, 0.15) is 36.4 Å². The summed E-state index contributed by atoms with van der Waals surface area (Å²) >= 11 is 3.67. The smallest absolute Gasteiger partial charge is 0.294 e. The Morgan fingerprint density at radius 2 is 2.29 bits per heavy atom. The lowest BCUT2D eigenvalue weighted by Crippen LogP contribution is -2.37. The molecular weight excluding hydrogens is 374 g/mol. The standard InChI is InChI=1S/C17H22BrN3O3/c18-11-3-4-13-12(6-11)15-16(24-13)17(23)20-14(19-15)8-21-5-1-2-10(7-21)9-22/h10-11,22H,1-9H2,(H,19,20,23). The molecule has 0 spiro atoms. The SMILES string of the molecule is O=c1[nH]c(CN2CCCC(CO)C2)nc2c3c(oc12)CCC(Br)C3. The Bertz CT molecular complexity index is 800. The predicted molar refractivity (Wildman–Crippen MR) is 94.5 cm³/mol. The van der Waals surface area contributed by atoms with Gasteiger partial charge >= 0.3 is 0 Å². The first-order valence-corrected chi connectivity index (χ1v) is 9.56. The summed E-state index contributed by atoms with van der Waals surface area (Å²) in [5.74, 6) is 1.92. The molecule has 130 valence electrons. The maximum atomic E-state index is 12.4. The van der Waals surface area contributed by atoms with Crippen molar-refractivity contribution >= 4 is 27.0 Å². The van der Waals surface area contributed by atoms with Crippen LogP contribution in [0.5, 0.6) is 0 Å². The molecule has 4 rings (SSSR count). The average Bonchev–Trinajstić information content (AvgIpc) is 2.94. The van der Waals surface area contributed by atoms with E-state index in [-0.39, 0.29) is 12.2 Å². The van der Waals surface area contributed by atoms with Crippen molar-refractivity contribution in [3.63, 3.8) is 0 Å². The molecular formula is C17H22BrN3O3. The minimum atomic E-state index is -0.189. The number of hydrogen-bond donors (Lipinski definition) is 2. The number of aromatic amines is 1. The summed E-state index contributed by atoms with van der Waals surface area (Å²) in [6.07, 6.45) is 4.87. The van der Waals surface area contributed by atoms with Crippen LogP contribution in [0.4, 0.5) is 0 Å². The summed E-state index contributed by atoms with van der Waals surface area (Å²) in [6, 6.07) is 0. The van der Waals surface area contributed by atoms with Crippen molar-refractivity contribution in [2.24, 2.45) is 5.92 Å². The molecule has 2 aromatic rings. The normalized spacial score (nSPS) is 25.1. The van der Waals surface area contributed by atoms with E-state index in [1.807, 2.05) is 0 Å². The summed E-state index contributed by atoms with van der Waals surface area (Å²) < 4.78 is 5.78. The molecule has 2 aliphatic rings. The zero-order chi connectivity index (χ0) is 16.7. The van der Waals surface area contributed by atoms with E-state index in [9.17, 15) is 9.90 Å². The number of aliphatic hydroxyl groups is 1. The van der Waals surface area contributed by atoms with Crippen molar-refractivity contribution in [1.82, 2.24) is 14.9 Å². The van der Waals surface area contributed by atoms with Crippen molar-refractivity contribution in [3.8, 4) is 0 Å². The second-order valence-electron chi connectivity index (χ2n) is 6.96. The van der Waals surface area contributed by atoms with Crippen molar-refractivity contribution in [1.29, 1.82) is 0 Å². The minimum absolute atomic E-state index is 0.189. The first kappa shape index (κ1) is 16.3. The Morgan fingerprint density at radius 1 is 1.42 bits per heavy atom. The van der Waals surface area contributed by atoms with Crippen LogP contribution in [0.25, 0.3) is 11.1 Å². The molecule has 2 unspecified atom stereocenters. The number of rotatable bonds is 3. The lowest BCUT2D eigenvalue weighted by molar-refractivity contribution is 0.114. The van der Waals surface area contributed by atoms with E-state index in [1.165, 1.54) is 0 Å². The second kappa shape index (κ2) is 6.61. The van der Waals surface area contributed by atoms with Gasteiger partial charge in [-0.05, 0) is 38.1 Å². The summed E-state index contributed by atoms with van der Waals surface area (Å²) in [6.45, 7) is 2.66. The Labute approximate surface area is 148 Å². The Morgan fingerprint density at radius 3 is 3.12 bits per heavy atom. The molecule has 2 aromatic heterocycles. The summed E-state index contributed by atoms with van der Waals surface area (Å²) in [7, 11) is 0. The molecule has 0 aromatic carbocycles. The number of halogens is 1. The van der Waals surface area contributed by atoms with Crippen molar-refractivity contribution < 1.29 is 9.52 Å². The summed E-state index contributed by atoms with van der Waals surface area (Å²) in [4.78, 5) is 22.7. The number of hydrogen-bond acceptors (Lipinski definition) is 5. The van der Waals surface area contributed by atoms with E-state index in [2.05, 4.69) is 25.8 Å². The van der Waals surface area contributed by atoms with Crippen LogP contribution >= 0.6 is 15.9 Å². The van der Waals surface area contributed by atoms with Crippen molar-refractivity contribution in [3.05, 3.63) is 27.5 Å². The van der Waals surface area contributed by atoms with Gasteiger partial charge in [0, 0.05) is 30.0 Å². The number of aliphatic hydroxyl groups excluding tert-OH is 1. The number of fused-ring (bicyclic) bond motifs is 3. The molecule has 3 heterocycles. The highest BCUT2D eigenvalue weighted by Gasteiger charge is 2.26. The van der Waals surface area contributed by atoms with Crippen LogP contribution < -0.4 is 5.56 Å². The van der Waals surface area contributed by atoms with Crippen LogP contribution in [-0.2, 0) is 19.4 Å². The van der Waals surface area contributed by atoms with Crippen molar-refractivity contribution in [2.75, 3.05) is 19.7 Å². The van der Waals surface area contributed by atoms with E-state index >= 15 is 0 Å². The average molecular weight is 396 g/mol. The van der Waals surface area contributed by atoms with Gasteiger partial charge < -0.3 is 14.5 Å². The summed E-state index contributed by atoms with van der Waals surface area (Å²) in [5, 5.41) is 9.37. The topological polar surface area (TPSA) is 82.4 Å². The lowest BCUT2D eigenvalue weighted by atomic mass is 9.98. The molecule has 0 saturated carbocycles. The largest absolute Gasteiger partial charge is 0.453 e. The van der Waals surface area contributed by atoms with E-state index < -0.39 is 0 Å². The highest BCUT2D eigenvalue weighted by molar-refractivity contribution is 9.09. The Hall–Kier alpha value is -1.18. The molecule has 2 N–H and O–H groups in total. The molecule has 2 atom stereocenters. The number of nitrogens with zero attached hydrogens (tertiary/aromatic N) is 2. The van der Waals surface area contributed by atoms with Gasteiger partial charge in [-0.25, -0.2) is 4.98 Å². The maximum absolute atomic E-state index is 12.4. The Balaban J connectivity index is 1.65. The molecule has 1 aliphatic carbocycles. The van der Waals surface area contributed by atoms with Crippen LogP contribution in [0.2, 0.25) is 0 Å².